The largest absolute Gasteiger partial charge is 0.434 e. The van der Waals surface area contributed by atoms with E-state index in [9.17, 15) is 13.2 Å². The van der Waals surface area contributed by atoms with E-state index in [4.69, 9.17) is 20.8 Å². The first kappa shape index (κ1) is 26.3. The minimum Gasteiger partial charge on any atom is -0.391 e. The highest BCUT2D eigenvalue weighted by Crippen LogP contribution is 2.44. The minimum atomic E-state index is -4.19. The van der Waals surface area contributed by atoms with E-state index in [1.54, 1.807) is 31.9 Å². The van der Waals surface area contributed by atoms with E-state index in [-0.39, 0.29) is 28.4 Å². The Morgan fingerprint density at radius 2 is 2.03 bits per heavy atom. The van der Waals surface area contributed by atoms with Gasteiger partial charge in [-0.2, -0.15) is 4.31 Å². The van der Waals surface area contributed by atoms with Gasteiger partial charge in [0.25, 0.3) is 0 Å². The Bertz CT molecular complexity index is 1430. The van der Waals surface area contributed by atoms with Gasteiger partial charge in [0.15, 0.2) is 5.82 Å². The minimum absolute atomic E-state index is 0.0629. The number of aromatic amines is 1. The summed E-state index contributed by atoms with van der Waals surface area (Å²) in [5, 5.41) is 6.29. The highest BCUT2D eigenvalue weighted by molar-refractivity contribution is 7.89. The molecule has 2 atom stereocenters. The third-order valence-electron chi connectivity index (χ3n) is 6.46. The van der Waals surface area contributed by atoms with Gasteiger partial charge >= 0.3 is 5.76 Å². The molecule has 0 fully saturated rings. The zero-order chi connectivity index (χ0) is 26.2. The Hall–Kier alpha value is -2.80. The van der Waals surface area contributed by atoms with Gasteiger partial charge in [-0.05, 0) is 55.2 Å². The van der Waals surface area contributed by atoms with Gasteiger partial charge < -0.3 is 14.1 Å². The van der Waals surface area contributed by atoms with E-state index < -0.39 is 33.6 Å². The monoisotopic (exact) mass is 539 g/mol. The van der Waals surface area contributed by atoms with Gasteiger partial charge in [-0.15, -0.1) is 5.10 Å². The van der Waals surface area contributed by atoms with Crippen LogP contribution in [0.5, 0.6) is 0 Å². The molecule has 3 aromatic rings. The van der Waals surface area contributed by atoms with Crippen LogP contribution in [0.15, 0.2) is 38.4 Å². The van der Waals surface area contributed by atoms with E-state index in [2.05, 4.69) is 15.2 Å². The fraction of sp³-hybridized carbons (Fsp3) is 0.435. The molecule has 1 aliphatic rings. The molecule has 0 saturated carbocycles. The van der Waals surface area contributed by atoms with E-state index in [1.807, 2.05) is 6.92 Å². The lowest BCUT2D eigenvalue weighted by Gasteiger charge is -2.41. The maximum absolute atomic E-state index is 15.2. The van der Waals surface area contributed by atoms with Gasteiger partial charge in [-0.3, -0.25) is 0 Å². The van der Waals surface area contributed by atoms with Crippen LogP contribution in [-0.4, -0.2) is 54.8 Å². The second kappa shape index (κ2) is 10.3. The number of anilines is 1. The summed E-state index contributed by atoms with van der Waals surface area (Å²) in [7, 11) is -2.61. The molecule has 1 N–H and O–H groups in total. The molecular formula is C23H27ClFN5O5S. The molecule has 4 rings (SSSR count). The van der Waals surface area contributed by atoms with Crippen molar-refractivity contribution in [3.8, 4) is 0 Å². The van der Waals surface area contributed by atoms with Crippen molar-refractivity contribution in [1.82, 2.24) is 19.5 Å². The van der Waals surface area contributed by atoms with Crippen LogP contribution >= 0.6 is 11.6 Å². The van der Waals surface area contributed by atoms with Crippen LogP contribution in [-0.2, 0) is 14.8 Å². The molecule has 0 unspecified atom stereocenters. The quantitative estimate of drug-likeness (QED) is 0.341. The average Bonchev–Trinajstić information content (AvgIpc) is 3.25. The smallest absolute Gasteiger partial charge is 0.391 e. The molecule has 3 heterocycles. The lowest BCUT2D eigenvalue weighted by atomic mass is 9.87. The van der Waals surface area contributed by atoms with E-state index >= 15 is 4.39 Å². The Morgan fingerprint density at radius 3 is 2.69 bits per heavy atom. The lowest BCUT2D eigenvalue weighted by molar-refractivity contribution is 0.192. The number of fused-ring (bicyclic) bond motifs is 1. The topological polar surface area (TPSA) is 122 Å². The molecule has 0 amide bonds. The summed E-state index contributed by atoms with van der Waals surface area (Å²) in [6.45, 7) is 6.00. The first-order valence-electron chi connectivity index (χ1n) is 11.3. The molecule has 1 aliphatic heterocycles. The maximum Gasteiger partial charge on any atom is 0.434 e. The van der Waals surface area contributed by atoms with Gasteiger partial charge in [0.1, 0.15) is 21.9 Å². The number of nitrogens with one attached hydrogen (secondary N) is 1. The second-order valence-electron chi connectivity index (χ2n) is 8.69. The average molecular weight is 540 g/mol. The van der Waals surface area contributed by atoms with Crippen molar-refractivity contribution in [2.75, 3.05) is 31.8 Å². The number of aryl methyl sites for hydroxylation is 1. The highest BCUT2D eigenvalue weighted by Gasteiger charge is 2.46. The van der Waals surface area contributed by atoms with Gasteiger partial charge in [0.2, 0.25) is 15.9 Å². The zero-order valence-electron chi connectivity index (χ0n) is 20.3. The molecule has 10 nitrogen and oxygen atoms in total. The number of hydrogen-bond donors (Lipinski definition) is 1. The van der Waals surface area contributed by atoms with Gasteiger partial charge in [0, 0.05) is 26.2 Å². The number of methoxy groups -OCH3 is 1. The molecule has 0 saturated heterocycles. The first-order chi connectivity index (χ1) is 17.1. The van der Waals surface area contributed by atoms with Crippen LogP contribution in [0.2, 0.25) is 5.15 Å². The van der Waals surface area contributed by atoms with Gasteiger partial charge in [-0.25, -0.2) is 27.7 Å². The Balaban J connectivity index is 1.89. The zero-order valence-corrected chi connectivity index (χ0v) is 21.9. The number of ether oxygens (including phenoxy) is 1. The molecule has 36 heavy (non-hydrogen) atoms. The van der Waals surface area contributed by atoms with Crippen LogP contribution in [0.25, 0.3) is 0 Å². The molecule has 0 radical (unpaired) electrons. The maximum atomic E-state index is 15.2. The number of halogens is 2. The number of aromatic nitrogens is 3. The van der Waals surface area contributed by atoms with Crippen LogP contribution in [0.4, 0.5) is 10.2 Å². The summed E-state index contributed by atoms with van der Waals surface area (Å²) in [5.41, 5.74) is 1.82. The molecule has 0 bridgehead atoms. The van der Waals surface area contributed by atoms with Crippen LogP contribution in [0, 0.1) is 19.7 Å². The SMILES string of the molecule is COCCCN1CN([C@H](c2n[nH]c(=O)o2)[C@H](C)c2c(F)ccc(C)c2C)S(=O)(=O)c2ccc(Cl)nc21. The van der Waals surface area contributed by atoms with Gasteiger partial charge in [-0.1, -0.05) is 24.6 Å². The third kappa shape index (κ3) is 4.77. The molecule has 0 aliphatic carbocycles. The highest BCUT2D eigenvalue weighted by atomic mass is 35.5. The van der Waals surface area contributed by atoms with Crippen molar-refractivity contribution in [3.63, 3.8) is 0 Å². The van der Waals surface area contributed by atoms with E-state index in [0.29, 0.717) is 30.7 Å². The van der Waals surface area contributed by atoms with Crippen molar-refractivity contribution in [3.05, 3.63) is 68.4 Å². The van der Waals surface area contributed by atoms with Crippen LogP contribution < -0.4 is 10.7 Å². The van der Waals surface area contributed by atoms with Gasteiger partial charge in [0.05, 0.1) is 6.67 Å². The number of sulfonamides is 1. The summed E-state index contributed by atoms with van der Waals surface area (Å²) in [6.07, 6.45) is 0.585. The van der Waals surface area contributed by atoms with Crippen molar-refractivity contribution < 1.29 is 22.0 Å². The standard InChI is InChI=1S/C23H27ClFN5O5S/c1-13-6-7-16(25)19(14(13)2)15(3)20(22-27-28-23(31)35-22)30-12-29(10-5-11-34-4)21-17(36(30,32)33)8-9-18(24)26-21/h6-9,15,20H,5,10-12H2,1-4H3,(H,28,31)/t15-,20+/m1/s1. The van der Waals surface area contributed by atoms with E-state index in [0.717, 1.165) is 5.56 Å². The van der Waals surface area contributed by atoms with Crippen molar-refractivity contribution in [1.29, 1.82) is 0 Å². The van der Waals surface area contributed by atoms with Crippen molar-refractivity contribution >= 4 is 27.4 Å². The molecule has 194 valence electrons. The second-order valence-corrected chi connectivity index (χ2v) is 10.9. The normalized spacial score (nSPS) is 17.1. The summed E-state index contributed by atoms with van der Waals surface area (Å²) in [6, 6.07) is 4.64. The van der Waals surface area contributed by atoms with Crippen LogP contribution in [0.3, 0.4) is 0 Å². The molecular weight excluding hydrogens is 513 g/mol. The summed E-state index contributed by atoms with van der Waals surface area (Å²) >= 11 is 6.10. The van der Waals surface area contributed by atoms with Crippen molar-refractivity contribution in [2.45, 2.75) is 44.0 Å². The fourth-order valence-corrected chi connectivity index (χ4v) is 6.47. The number of hydrogen-bond acceptors (Lipinski definition) is 8. The van der Waals surface area contributed by atoms with E-state index in [1.165, 1.54) is 22.5 Å². The number of rotatable bonds is 8. The molecule has 2 aromatic heterocycles. The third-order valence-corrected chi connectivity index (χ3v) is 8.50. The molecule has 13 heteroatoms. The number of pyridine rings is 1. The Morgan fingerprint density at radius 1 is 1.28 bits per heavy atom. The number of nitrogens with zero attached hydrogens (tertiary/aromatic N) is 4. The van der Waals surface area contributed by atoms with Crippen molar-refractivity contribution in [2.24, 2.45) is 0 Å². The van der Waals surface area contributed by atoms with Crippen LogP contribution in [0.1, 0.15) is 47.9 Å². The summed E-state index contributed by atoms with van der Waals surface area (Å²) in [4.78, 5) is 17.8. The molecule has 1 aromatic carbocycles. The lowest BCUT2D eigenvalue weighted by Crippen LogP contribution is -2.50. The predicted molar refractivity (Wildman–Crippen MR) is 131 cm³/mol. The summed E-state index contributed by atoms with van der Waals surface area (Å²) in [5.74, 6) is -2.06. The first-order valence-corrected chi connectivity index (χ1v) is 13.1. The summed E-state index contributed by atoms with van der Waals surface area (Å²) < 4.78 is 54.6. The fourth-order valence-electron chi connectivity index (χ4n) is 4.57. The number of H-pyrrole nitrogens is 1. The predicted octanol–water partition coefficient (Wildman–Crippen LogP) is 3.52. The Kier molecular flexibility index (Phi) is 7.51. The molecule has 0 spiro atoms. The number of benzene rings is 1. The Labute approximate surface area is 213 Å².